The summed E-state index contributed by atoms with van der Waals surface area (Å²) in [6.45, 7) is 4.35. The fraction of sp³-hybridized carbons (Fsp3) is 0.364. The molecule has 0 aliphatic rings. The van der Waals surface area contributed by atoms with Crippen molar-refractivity contribution in [3.8, 4) is 11.5 Å². The van der Waals surface area contributed by atoms with Crippen molar-refractivity contribution in [1.29, 1.82) is 0 Å². The van der Waals surface area contributed by atoms with Crippen LogP contribution in [0.15, 0.2) is 28.0 Å². The van der Waals surface area contributed by atoms with E-state index in [1.165, 1.54) is 4.57 Å². The number of primary sulfonamides is 1. The third-order valence-electron chi connectivity index (χ3n) is 2.49. The lowest BCUT2D eigenvalue weighted by atomic mass is 10.2. The zero-order chi connectivity index (χ0) is 14.9. The Morgan fingerprint density at radius 3 is 2.65 bits per heavy atom. The van der Waals surface area contributed by atoms with Crippen molar-refractivity contribution < 1.29 is 8.42 Å². The Labute approximate surface area is 125 Å². The largest absolute Gasteiger partial charge is 0.295 e. The topological polar surface area (TPSA) is 104 Å². The molecule has 0 amide bonds. The molecule has 2 rings (SSSR count). The molecule has 9 heteroatoms. The van der Waals surface area contributed by atoms with E-state index in [2.05, 4.69) is 31.1 Å². The summed E-state index contributed by atoms with van der Waals surface area (Å²) in [6.07, 6.45) is 1.60. The normalized spacial score (nSPS) is 12.1. The van der Waals surface area contributed by atoms with Crippen LogP contribution < -0.4 is 5.14 Å². The van der Waals surface area contributed by atoms with E-state index >= 15 is 0 Å². The van der Waals surface area contributed by atoms with E-state index in [1.807, 2.05) is 13.8 Å². The van der Waals surface area contributed by atoms with Gasteiger partial charge in [0.2, 0.25) is 0 Å². The molecule has 108 valence electrons. The fourth-order valence-corrected chi connectivity index (χ4v) is 2.81. The second-order valence-corrected chi connectivity index (χ2v) is 7.00. The van der Waals surface area contributed by atoms with Gasteiger partial charge in [0.15, 0.2) is 5.82 Å². The van der Waals surface area contributed by atoms with E-state index in [1.54, 1.807) is 18.3 Å². The quantitative estimate of drug-likeness (QED) is 0.888. The van der Waals surface area contributed by atoms with Gasteiger partial charge in [0.1, 0.15) is 5.69 Å². The first-order valence-electron chi connectivity index (χ1n) is 5.87. The first-order chi connectivity index (χ1) is 9.30. The highest BCUT2D eigenvalue weighted by Crippen LogP contribution is 2.26. The summed E-state index contributed by atoms with van der Waals surface area (Å²) in [6, 6.07) is 3.56. The van der Waals surface area contributed by atoms with Gasteiger partial charge in [-0.2, -0.15) is 0 Å². The molecule has 0 bridgehead atoms. The number of sulfonamides is 1. The molecule has 20 heavy (non-hydrogen) atoms. The van der Waals surface area contributed by atoms with Crippen LogP contribution in [0.5, 0.6) is 0 Å². The first kappa shape index (κ1) is 15.1. The average Bonchev–Trinajstić information content (AvgIpc) is 2.72. The third kappa shape index (κ3) is 3.05. The molecule has 0 saturated carbocycles. The van der Waals surface area contributed by atoms with Gasteiger partial charge in [-0.3, -0.25) is 9.55 Å². The zero-order valence-electron chi connectivity index (χ0n) is 11.0. The van der Waals surface area contributed by atoms with Gasteiger partial charge in [0, 0.05) is 17.2 Å². The smallest absolute Gasteiger partial charge is 0.273 e. The van der Waals surface area contributed by atoms with Crippen LogP contribution >= 0.6 is 15.9 Å². The summed E-state index contributed by atoms with van der Waals surface area (Å²) in [5.74, 6) is 0.572. The minimum Gasteiger partial charge on any atom is -0.295 e. The molecule has 0 saturated heterocycles. The van der Waals surface area contributed by atoms with Crippen LogP contribution in [0, 0.1) is 5.92 Å². The summed E-state index contributed by atoms with van der Waals surface area (Å²) in [4.78, 5) is 4.21. The summed E-state index contributed by atoms with van der Waals surface area (Å²) in [5.41, 5.74) is 0.524. The standard InChI is InChI=1S/C11H14BrN5O2S/c1-7(2)6-17-10(9-8(12)4-3-5-14-9)15-16-11(17)20(13,18)19/h3-5,7H,6H2,1-2H3,(H2,13,18,19). The van der Waals surface area contributed by atoms with E-state index in [4.69, 9.17) is 5.14 Å². The Bertz CT molecular complexity index is 726. The summed E-state index contributed by atoms with van der Waals surface area (Å²) in [5, 5.41) is 12.6. The monoisotopic (exact) mass is 359 g/mol. The highest BCUT2D eigenvalue weighted by Gasteiger charge is 2.24. The molecule has 0 atom stereocenters. The molecule has 0 unspecified atom stereocenters. The van der Waals surface area contributed by atoms with Gasteiger partial charge in [-0.1, -0.05) is 13.8 Å². The minimum absolute atomic E-state index is 0.202. The third-order valence-corrected chi connectivity index (χ3v) is 3.94. The van der Waals surface area contributed by atoms with E-state index < -0.39 is 10.0 Å². The van der Waals surface area contributed by atoms with Gasteiger partial charge in [-0.05, 0) is 34.0 Å². The van der Waals surface area contributed by atoms with Gasteiger partial charge in [0.05, 0.1) is 0 Å². The molecule has 0 spiro atoms. The molecule has 2 N–H and O–H groups in total. The number of hydrogen-bond acceptors (Lipinski definition) is 5. The van der Waals surface area contributed by atoms with E-state index in [0.29, 0.717) is 22.5 Å². The van der Waals surface area contributed by atoms with Crippen LogP contribution in [-0.2, 0) is 16.6 Å². The van der Waals surface area contributed by atoms with Crippen LogP contribution in [0.25, 0.3) is 11.5 Å². The Kier molecular flexibility index (Phi) is 4.21. The maximum Gasteiger partial charge on any atom is 0.273 e. The number of rotatable bonds is 4. The summed E-state index contributed by atoms with van der Waals surface area (Å²) in [7, 11) is -3.93. The number of halogens is 1. The molecule has 0 aliphatic heterocycles. The SMILES string of the molecule is CC(C)Cn1c(-c2ncccc2Br)nnc1S(N)(=O)=O. The van der Waals surface area contributed by atoms with E-state index in [0.717, 1.165) is 0 Å². The predicted octanol–water partition coefficient (Wildman–Crippen LogP) is 1.41. The fourth-order valence-electron chi connectivity index (χ4n) is 1.75. The maximum atomic E-state index is 11.6. The van der Waals surface area contributed by atoms with E-state index in [9.17, 15) is 8.42 Å². The van der Waals surface area contributed by atoms with Crippen molar-refractivity contribution in [2.24, 2.45) is 11.1 Å². The molecule has 7 nitrogen and oxygen atoms in total. The Hall–Kier alpha value is -1.32. The molecular formula is C11H14BrN5O2S. The molecule has 0 aliphatic carbocycles. The average molecular weight is 360 g/mol. The highest BCUT2D eigenvalue weighted by atomic mass is 79.9. The number of pyridine rings is 1. The van der Waals surface area contributed by atoms with Crippen LogP contribution in [0.3, 0.4) is 0 Å². The summed E-state index contributed by atoms with van der Waals surface area (Å²) < 4.78 is 25.4. The maximum absolute atomic E-state index is 11.6. The van der Waals surface area contributed by atoms with Crippen molar-refractivity contribution in [2.45, 2.75) is 25.5 Å². The molecule has 0 fully saturated rings. The number of nitrogens with zero attached hydrogens (tertiary/aromatic N) is 4. The minimum atomic E-state index is -3.93. The molecular weight excluding hydrogens is 346 g/mol. The van der Waals surface area contributed by atoms with Gasteiger partial charge < -0.3 is 0 Å². The zero-order valence-corrected chi connectivity index (χ0v) is 13.4. The highest BCUT2D eigenvalue weighted by molar-refractivity contribution is 9.10. The Morgan fingerprint density at radius 1 is 1.40 bits per heavy atom. The van der Waals surface area contributed by atoms with Crippen molar-refractivity contribution in [3.63, 3.8) is 0 Å². The van der Waals surface area contributed by atoms with Gasteiger partial charge in [0.25, 0.3) is 15.2 Å². The van der Waals surface area contributed by atoms with Crippen LogP contribution in [0.4, 0.5) is 0 Å². The molecule has 2 aromatic rings. The molecule has 2 aromatic heterocycles. The second-order valence-electron chi connectivity index (χ2n) is 4.69. The lowest BCUT2D eigenvalue weighted by Crippen LogP contribution is -2.20. The predicted molar refractivity (Wildman–Crippen MR) is 77.2 cm³/mol. The van der Waals surface area contributed by atoms with E-state index in [-0.39, 0.29) is 11.1 Å². The van der Waals surface area contributed by atoms with Crippen molar-refractivity contribution in [2.75, 3.05) is 0 Å². The molecule has 0 aromatic carbocycles. The number of nitrogens with two attached hydrogens (primary N) is 1. The van der Waals surface area contributed by atoms with Gasteiger partial charge in [-0.25, -0.2) is 13.6 Å². The first-order valence-corrected chi connectivity index (χ1v) is 8.21. The van der Waals surface area contributed by atoms with Gasteiger partial charge >= 0.3 is 0 Å². The van der Waals surface area contributed by atoms with Crippen molar-refractivity contribution >= 4 is 26.0 Å². The molecule has 0 radical (unpaired) electrons. The van der Waals surface area contributed by atoms with Crippen LogP contribution in [0.1, 0.15) is 13.8 Å². The van der Waals surface area contributed by atoms with Gasteiger partial charge in [-0.15, -0.1) is 10.2 Å². The van der Waals surface area contributed by atoms with Crippen molar-refractivity contribution in [3.05, 3.63) is 22.8 Å². The van der Waals surface area contributed by atoms with Crippen LogP contribution in [0.2, 0.25) is 0 Å². The lowest BCUT2D eigenvalue weighted by molar-refractivity contribution is 0.485. The number of hydrogen-bond donors (Lipinski definition) is 1. The summed E-state index contributed by atoms with van der Waals surface area (Å²) >= 11 is 3.37. The second kappa shape index (κ2) is 5.58. The van der Waals surface area contributed by atoms with Crippen molar-refractivity contribution in [1.82, 2.24) is 19.7 Å². The van der Waals surface area contributed by atoms with Crippen LogP contribution in [-0.4, -0.2) is 28.2 Å². The Morgan fingerprint density at radius 2 is 2.10 bits per heavy atom. The number of aromatic nitrogens is 4. The molecule has 2 heterocycles. The lowest BCUT2D eigenvalue weighted by Gasteiger charge is -2.11. The Balaban J connectivity index is 2.66.